The van der Waals surface area contributed by atoms with Crippen LogP contribution in [-0.4, -0.2) is 9.36 Å². The standard InChI is InChI=1S/C16H21N3O/c1-11-7-9-13(10-8-11)19-16(20)14(17)15(18(19)2)12-5-3-4-6-12/h7-10,12H,3-6,17H2,1-2H3. The number of benzene rings is 1. The van der Waals surface area contributed by atoms with Crippen molar-refractivity contribution in [2.45, 2.75) is 38.5 Å². The number of aromatic nitrogens is 2. The van der Waals surface area contributed by atoms with Crippen LogP contribution < -0.4 is 11.3 Å². The predicted octanol–water partition coefficient (Wildman–Crippen LogP) is 2.72. The fraction of sp³-hybridized carbons (Fsp3) is 0.438. The van der Waals surface area contributed by atoms with E-state index in [0.29, 0.717) is 11.6 Å². The summed E-state index contributed by atoms with van der Waals surface area (Å²) >= 11 is 0. The molecule has 1 aromatic carbocycles. The van der Waals surface area contributed by atoms with Crippen LogP contribution in [0.1, 0.15) is 42.9 Å². The van der Waals surface area contributed by atoms with Crippen molar-refractivity contribution in [3.63, 3.8) is 0 Å². The van der Waals surface area contributed by atoms with Crippen LogP contribution in [0.3, 0.4) is 0 Å². The van der Waals surface area contributed by atoms with Crippen LogP contribution in [-0.2, 0) is 7.05 Å². The Morgan fingerprint density at radius 3 is 2.35 bits per heavy atom. The van der Waals surface area contributed by atoms with E-state index < -0.39 is 0 Å². The molecule has 1 saturated carbocycles. The molecule has 106 valence electrons. The lowest BCUT2D eigenvalue weighted by Gasteiger charge is -2.14. The van der Waals surface area contributed by atoms with Crippen LogP contribution in [0.15, 0.2) is 29.1 Å². The first-order valence-electron chi connectivity index (χ1n) is 7.24. The molecule has 4 nitrogen and oxygen atoms in total. The summed E-state index contributed by atoms with van der Waals surface area (Å²) in [6.45, 7) is 2.04. The van der Waals surface area contributed by atoms with Crippen molar-refractivity contribution in [3.8, 4) is 5.69 Å². The van der Waals surface area contributed by atoms with Crippen molar-refractivity contribution >= 4 is 5.69 Å². The van der Waals surface area contributed by atoms with Crippen LogP contribution in [0, 0.1) is 6.92 Å². The summed E-state index contributed by atoms with van der Waals surface area (Å²) in [5.41, 5.74) is 9.48. The van der Waals surface area contributed by atoms with E-state index in [1.807, 2.05) is 42.9 Å². The van der Waals surface area contributed by atoms with Gasteiger partial charge in [-0.15, -0.1) is 0 Å². The fourth-order valence-corrected chi connectivity index (χ4v) is 3.30. The number of anilines is 1. The molecule has 1 fully saturated rings. The molecule has 4 heteroatoms. The van der Waals surface area contributed by atoms with Gasteiger partial charge in [0.15, 0.2) is 0 Å². The summed E-state index contributed by atoms with van der Waals surface area (Å²) < 4.78 is 3.63. The highest BCUT2D eigenvalue weighted by atomic mass is 16.1. The van der Waals surface area contributed by atoms with Gasteiger partial charge in [0.2, 0.25) is 0 Å². The van der Waals surface area contributed by atoms with Crippen LogP contribution in [0.2, 0.25) is 0 Å². The molecular weight excluding hydrogens is 250 g/mol. The van der Waals surface area contributed by atoms with E-state index in [4.69, 9.17) is 5.73 Å². The second kappa shape index (κ2) is 4.85. The molecule has 1 aliphatic carbocycles. The molecule has 0 radical (unpaired) electrons. The molecule has 1 aliphatic rings. The molecule has 0 spiro atoms. The molecular formula is C16H21N3O. The predicted molar refractivity (Wildman–Crippen MR) is 81.4 cm³/mol. The molecule has 0 bridgehead atoms. The van der Waals surface area contributed by atoms with Gasteiger partial charge < -0.3 is 5.73 Å². The van der Waals surface area contributed by atoms with Gasteiger partial charge in [0.1, 0.15) is 5.69 Å². The van der Waals surface area contributed by atoms with Gasteiger partial charge in [0, 0.05) is 13.0 Å². The van der Waals surface area contributed by atoms with Crippen LogP contribution >= 0.6 is 0 Å². The SMILES string of the molecule is Cc1ccc(-n2c(=O)c(N)c(C3CCCC3)n2C)cc1. The van der Waals surface area contributed by atoms with Crippen molar-refractivity contribution in [1.29, 1.82) is 0 Å². The lowest BCUT2D eigenvalue weighted by molar-refractivity contribution is 0.568. The van der Waals surface area contributed by atoms with Crippen molar-refractivity contribution in [2.75, 3.05) is 5.73 Å². The molecule has 1 heterocycles. The van der Waals surface area contributed by atoms with Gasteiger partial charge in [-0.2, -0.15) is 0 Å². The zero-order valence-corrected chi connectivity index (χ0v) is 12.1. The van der Waals surface area contributed by atoms with E-state index >= 15 is 0 Å². The second-order valence-corrected chi connectivity index (χ2v) is 5.76. The van der Waals surface area contributed by atoms with Crippen molar-refractivity contribution < 1.29 is 0 Å². The normalized spacial score (nSPS) is 15.9. The molecule has 0 aliphatic heterocycles. The number of rotatable bonds is 2. The number of nitrogen functional groups attached to an aromatic ring is 1. The van der Waals surface area contributed by atoms with Crippen molar-refractivity contribution in [3.05, 3.63) is 45.9 Å². The van der Waals surface area contributed by atoms with Gasteiger partial charge in [-0.1, -0.05) is 30.5 Å². The van der Waals surface area contributed by atoms with E-state index in [2.05, 4.69) is 0 Å². The fourth-order valence-electron chi connectivity index (χ4n) is 3.30. The highest BCUT2D eigenvalue weighted by Gasteiger charge is 2.26. The lowest BCUT2D eigenvalue weighted by Crippen LogP contribution is -2.20. The highest BCUT2D eigenvalue weighted by molar-refractivity contribution is 5.47. The molecule has 1 aromatic heterocycles. The zero-order chi connectivity index (χ0) is 14.3. The van der Waals surface area contributed by atoms with E-state index in [-0.39, 0.29) is 5.56 Å². The van der Waals surface area contributed by atoms with Gasteiger partial charge in [-0.25, -0.2) is 4.68 Å². The maximum atomic E-state index is 12.5. The molecule has 2 N–H and O–H groups in total. The Kier molecular flexibility index (Phi) is 3.16. The van der Waals surface area contributed by atoms with Gasteiger partial charge >= 0.3 is 0 Å². The Morgan fingerprint density at radius 2 is 1.75 bits per heavy atom. The molecule has 20 heavy (non-hydrogen) atoms. The Morgan fingerprint density at radius 1 is 1.15 bits per heavy atom. The number of nitrogens with zero attached hydrogens (tertiary/aromatic N) is 2. The lowest BCUT2D eigenvalue weighted by atomic mass is 10.0. The van der Waals surface area contributed by atoms with Gasteiger partial charge in [-0.3, -0.25) is 9.48 Å². The molecule has 0 saturated heterocycles. The third-order valence-corrected chi connectivity index (χ3v) is 4.37. The number of hydrogen-bond donors (Lipinski definition) is 1. The maximum absolute atomic E-state index is 12.5. The Balaban J connectivity index is 2.14. The van der Waals surface area contributed by atoms with Crippen molar-refractivity contribution in [1.82, 2.24) is 9.36 Å². The van der Waals surface area contributed by atoms with Crippen LogP contribution in [0.4, 0.5) is 5.69 Å². The highest BCUT2D eigenvalue weighted by Crippen LogP contribution is 2.36. The van der Waals surface area contributed by atoms with E-state index in [9.17, 15) is 4.79 Å². The van der Waals surface area contributed by atoms with Gasteiger partial charge in [0.25, 0.3) is 5.56 Å². The zero-order valence-electron chi connectivity index (χ0n) is 12.1. The van der Waals surface area contributed by atoms with Gasteiger partial charge in [-0.05, 0) is 31.9 Å². The molecule has 3 rings (SSSR count). The minimum Gasteiger partial charge on any atom is -0.393 e. The van der Waals surface area contributed by atoms with Crippen LogP contribution in [0.25, 0.3) is 5.69 Å². The quantitative estimate of drug-likeness (QED) is 0.913. The summed E-state index contributed by atoms with van der Waals surface area (Å²) in [5, 5.41) is 0. The smallest absolute Gasteiger partial charge is 0.294 e. The largest absolute Gasteiger partial charge is 0.393 e. The van der Waals surface area contributed by atoms with Gasteiger partial charge in [0.05, 0.1) is 11.4 Å². The summed E-state index contributed by atoms with van der Waals surface area (Å²) in [4.78, 5) is 12.5. The number of aryl methyl sites for hydroxylation is 1. The summed E-state index contributed by atoms with van der Waals surface area (Å²) in [6, 6.07) is 7.96. The average molecular weight is 271 g/mol. The third kappa shape index (κ3) is 1.96. The first-order chi connectivity index (χ1) is 9.59. The molecule has 0 unspecified atom stereocenters. The minimum atomic E-state index is -0.0988. The molecule has 0 atom stereocenters. The monoisotopic (exact) mass is 271 g/mol. The maximum Gasteiger partial charge on any atom is 0.294 e. The summed E-state index contributed by atoms with van der Waals surface area (Å²) in [6.07, 6.45) is 4.73. The molecule has 2 aromatic rings. The minimum absolute atomic E-state index is 0.0988. The first kappa shape index (κ1) is 13.0. The number of hydrogen-bond acceptors (Lipinski definition) is 2. The Bertz CT molecular complexity index is 673. The Hall–Kier alpha value is -1.97. The van der Waals surface area contributed by atoms with E-state index in [1.54, 1.807) is 4.68 Å². The Labute approximate surface area is 118 Å². The summed E-state index contributed by atoms with van der Waals surface area (Å²) in [7, 11) is 1.94. The molecule has 0 amide bonds. The van der Waals surface area contributed by atoms with E-state index in [0.717, 1.165) is 24.2 Å². The van der Waals surface area contributed by atoms with Crippen molar-refractivity contribution in [2.24, 2.45) is 7.05 Å². The second-order valence-electron chi connectivity index (χ2n) is 5.76. The first-order valence-corrected chi connectivity index (χ1v) is 7.24. The summed E-state index contributed by atoms with van der Waals surface area (Å²) in [5.74, 6) is 0.430. The van der Waals surface area contributed by atoms with Crippen LogP contribution in [0.5, 0.6) is 0 Å². The third-order valence-electron chi connectivity index (χ3n) is 4.37. The topological polar surface area (TPSA) is 52.9 Å². The average Bonchev–Trinajstić information content (AvgIpc) is 3.01. The number of nitrogens with two attached hydrogens (primary N) is 1. The van der Waals surface area contributed by atoms with E-state index in [1.165, 1.54) is 18.4 Å².